The van der Waals surface area contributed by atoms with Crippen LogP contribution in [0.5, 0.6) is 0 Å². The number of hydrogen-bond donors (Lipinski definition) is 2. The van der Waals surface area contributed by atoms with Crippen molar-refractivity contribution in [2.75, 3.05) is 23.3 Å². The minimum atomic E-state index is -0.592. The Balaban J connectivity index is 0.000000190. The van der Waals surface area contributed by atoms with Crippen LogP contribution in [0, 0.1) is 11.6 Å². The number of fused-ring (bicyclic) bond motifs is 2. The lowest BCUT2D eigenvalue weighted by molar-refractivity contribution is -0.122. The van der Waals surface area contributed by atoms with Crippen molar-refractivity contribution in [2.24, 2.45) is 5.73 Å². The summed E-state index contributed by atoms with van der Waals surface area (Å²) in [5.41, 5.74) is 10.0. The molecule has 19 heteroatoms. The van der Waals surface area contributed by atoms with Gasteiger partial charge in [0, 0.05) is 91.2 Å². The Morgan fingerprint density at radius 3 is 1.61 bits per heavy atom. The van der Waals surface area contributed by atoms with Crippen LogP contribution in [-0.4, -0.2) is 99.6 Å². The second-order valence-electron chi connectivity index (χ2n) is 18.5. The fourth-order valence-corrected chi connectivity index (χ4v) is 9.48. The van der Waals surface area contributed by atoms with Gasteiger partial charge in [-0.25, -0.2) is 27.8 Å². The predicted octanol–water partition coefficient (Wildman–Crippen LogP) is 7.86. The number of aromatic nitrogens is 6. The quantitative estimate of drug-likeness (QED) is 0.120. The lowest BCUT2D eigenvalue weighted by Gasteiger charge is -2.27. The van der Waals surface area contributed by atoms with Gasteiger partial charge in [0.15, 0.2) is 11.3 Å². The molecular formula is C52H59F2N11O6. The van der Waals surface area contributed by atoms with Gasteiger partial charge in [0.05, 0.1) is 17.1 Å². The number of aryl methyl sites for hydroxylation is 2. The van der Waals surface area contributed by atoms with Gasteiger partial charge in [-0.3, -0.25) is 33.7 Å². The molecule has 3 fully saturated rings. The molecule has 71 heavy (non-hydrogen) atoms. The number of benzene rings is 2. The van der Waals surface area contributed by atoms with Gasteiger partial charge in [-0.05, 0) is 101 Å². The molecule has 3 N–H and O–H groups in total. The smallest absolute Gasteiger partial charge is 0.272 e. The maximum Gasteiger partial charge on any atom is 0.272 e. The first-order valence-corrected chi connectivity index (χ1v) is 24.6. The monoisotopic (exact) mass is 971 g/mol. The molecule has 3 aliphatic heterocycles. The molecule has 9 rings (SSSR count). The molecular weight excluding hydrogens is 913 g/mol. The Labute approximate surface area is 409 Å². The number of anilines is 2. The number of nitrogens with one attached hydrogen (secondary N) is 1. The van der Waals surface area contributed by atoms with E-state index < -0.39 is 23.4 Å². The van der Waals surface area contributed by atoms with Gasteiger partial charge in [0.2, 0.25) is 23.6 Å². The van der Waals surface area contributed by atoms with E-state index in [1.165, 1.54) is 24.3 Å². The minimum Gasteiger partial charge on any atom is -0.370 e. The highest BCUT2D eigenvalue weighted by atomic mass is 19.1. The Bertz CT molecular complexity index is 3030. The number of likely N-dealkylation sites (tertiary alicyclic amines) is 2. The second kappa shape index (κ2) is 21.7. The van der Waals surface area contributed by atoms with Crippen LogP contribution in [0.3, 0.4) is 0 Å². The number of imide groups is 1. The molecule has 4 aromatic heterocycles. The molecule has 3 aliphatic rings. The molecule has 0 bridgehead atoms. The first-order chi connectivity index (χ1) is 34.1. The molecule has 0 aliphatic carbocycles. The number of nitrogens with zero attached hydrogens (tertiary/aromatic N) is 9. The van der Waals surface area contributed by atoms with Crippen LogP contribution in [0.1, 0.15) is 137 Å². The van der Waals surface area contributed by atoms with Crippen LogP contribution in [0.4, 0.5) is 20.2 Å². The summed E-state index contributed by atoms with van der Waals surface area (Å²) in [5.74, 6) is -3.01. The summed E-state index contributed by atoms with van der Waals surface area (Å²) in [6.45, 7) is 9.53. The average Bonchev–Trinajstić information content (AvgIpc) is 3.97. The molecule has 6 amide bonds. The molecule has 6 aromatic rings. The van der Waals surface area contributed by atoms with Crippen molar-refractivity contribution in [3.63, 3.8) is 0 Å². The van der Waals surface area contributed by atoms with Crippen molar-refractivity contribution in [2.45, 2.75) is 130 Å². The van der Waals surface area contributed by atoms with E-state index in [9.17, 15) is 33.2 Å². The molecule has 2 atom stereocenters. The molecule has 2 unspecified atom stereocenters. The van der Waals surface area contributed by atoms with Gasteiger partial charge in [-0.15, -0.1) is 0 Å². The minimum absolute atomic E-state index is 0.0755. The van der Waals surface area contributed by atoms with Gasteiger partial charge >= 0.3 is 0 Å². The van der Waals surface area contributed by atoms with E-state index in [4.69, 9.17) is 5.73 Å². The Kier molecular flexibility index (Phi) is 15.3. The van der Waals surface area contributed by atoms with Crippen LogP contribution in [-0.2, 0) is 32.0 Å². The predicted molar refractivity (Wildman–Crippen MR) is 262 cm³/mol. The summed E-state index contributed by atoms with van der Waals surface area (Å²) < 4.78 is 33.4. The summed E-state index contributed by atoms with van der Waals surface area (Å²) in [4.78, 5) is 87.4. The SMILES string of the molecule is CCc1cc(C(=O)N2CCCCCC2C)nc2cc(-c3ccc(N4C(=O)CCC4=O)cc3F)nn12.CCc1cc(C(=O)N2CCCCCC2C)nc2cc(-c3ccc(NC(=O)CCC(N)=O)cc3F)nn12. The van der Waals surface area contributed by atoms with Crippen molar-refractivity contribution in [3.8, 4) is 22.5 Å². The molecule has 17 nitrogen and oxygen atoms in total. The third-order valence-electron chi connectivity index (χ3n) is 13.5. The Hall–Kier alpha value is -7.44. The molecule has 7 heterocycles. The van der Waals surface area contributed by atoms with Gasteiger partial charge in [0.1, 0.15) is 23.0 Å². The van der Waals surface area contributed by atoms with Gasteiger partial charge < -0.3 is 20.9 Å². The standard InChI is InChI=1S/C26H31FN6O3.C26H28FN5O3/c1-3-18-14-22(26(36)32-12-6-4-5-7-16(32)2)30-24-15-21(31-33(18)24)19-9-8-17(13-20(19)27)29-25(35)11-10-23(28)34;1-3-17-14-22(26(35)30-12-6-4-5-7-16(30)2)28-23-15-21(29-32(17)23)19-9-8-18(13-20(19)27)31-24(33)10-11-25(31)34/h8-9,13-16H,3-7,10-12H2,1-2H3,(H2,28,34)(H,29,35);8-9,13-16H,3-7,10-12H2,1-2H3. The summed E-state index contributed by atoms with van der Waals surface area (Å²) in [6.07, 6.45) is 9.76. The van der Waals surface area contributed by atoms with E-state index in [0.717, 1.165) is 80.7 Å². The van der Waals surface area contributed by atoms with Crippen LogP contribution < -0.4 is 16.0 Å². The van der Waals surface area contributed by atoms with Crippen LogP contribution >= 0.6 is 0 Å². The third-order valence-corrected chi connectivity index (χ3v) is 13.5. The highest BCUT2D eigenvalue weighted by Gasteiger charge is 2.32. The van der Waals surface area contributed by atoms with Crippen molar-refractivity contribution < 1.29 is 37.5 Å². The summed E-state index contributed by atoms with van der Waals surface area (Å²) in [6, 6.07) is 15.7. The number of rotatable bonds is 11. The highest BCUT2D eigenvalue weighted by Crippen LogP contribution is 2.31. The molecule has 3 saturated heterocycles. The van der Waals surface area contributed by atoms with E-state index in [0.29, 0.717) is 46.9 Å². The zero-order chi connectivity index (χ0) is 50.5. The lowest BCUT2D eigenvalue weighted by atomic mass is 10.1. The second-order valence-corrected chi connectivity index (χ2v) is 18.5. The summed E-state index contributed by atoms with van der Waals surface area (Å²) in [5, 5.41) is 11.7. The summed E-state index contributed by atoms with van der Waals surface area (Å²) in [7, 11) is 0. The van der Waals surface area contributed by atoms with Crippen molar-refractivity contribution >= 4 is 58.1 Å². The third kappa shape index (κ3) is 11.0. The molecule has 372 valence electrons. The maximum atomic E-state index is 15.1. The largest absolute Gasteiger partial charge is 0.370 e. The zero-order valence-corrected chi connectivity index (χ0v) is 40.5. The van der Waals surface area contributed by atoms with Gasteiger partial charge in [0.25, 0.3) is 11.8 Å². The number of nitrogens with two attached hydrogens (primary N) is 1. The Morgan fingerprint density at radius 1 is 0.648 bits per heavy atom. The van der Waals surface area contributed by atoms with Crippen molar-refractivity contribution in [1.29, 1.82) is 0 Å². The van der Waals surface area contributed by atoms with E-state index in [1.807, 2.05) is 23.6 Å². The number of primary amides is 1. The van der Waals surface area contributed by atoms with Crippen molar-refractivity contribution in [1.82, 2.24) is 39.0 Å². The first-order valence-electron chi connectivity index (χ1n) is 24.6. The maximum absolute atomic E-state index is 15.1. The van der Waals surface area contributed by atoms with E-state index in [1.54, 1.807) is 45.4 Å². The Morgan fingerprint density at radius 2 is 1.14 bits per heavy atom. The molecule has 0 radical (unpaired) electrons. The number of carbonyl (C=O) groups excluding carboxylic acids is 6. The first kappa shape index (κ1) is 50.0. The van der Waals surface area contributed by atoms with Crippen LogP contribution in [0.25, 0.3) is 33.8 Å². The number of halogens is 2. The zero-order valence-electron chi connectivity index (χ0n) is 40.5. The van der Waals surface area contributed by atoms with E-state index in [2.05, 4.69) is 39.3 Å². The van der Waals surface area contributed by atoms with Crippen molar-refractivity contribution in [3.05, 3.63) is 95.1 Å². The number of hydrogen-bond acceptors (Lipinski definition) is 10. The van der Waals surface area contributed by atoms with Gasteiger partial charge in [-0.2, -0.15) is 10.2 Å². The van der Waals surface area contributed by atoms with E-state index >= 15 is 4.39 Å². The van der Waals surface area contributed by atoms with Crippen LogP contribution in [0.15, 0.2) is 60.7 Å². The molecule has 2 aromatic carbocycles. The summed E-state index contributed by atoms with van der Waals surface area (Å²) >= 11 is 0. The molecule has 0 spiro atoms. The topological polar surface area (TPSA) is 211 Å². The number of amides is 6. The highest BCUT2D eigenvalue weighted by molar-refractivity contribution is 6.19. The fourth-order valence-electron chi connectivity index (χ4n) is 9.48. The van der Waals surface area contributed by atoms with Gasteiger partial charge in [-0.1, -0.05) is 39.5 Å². The average molecular weight is 972 g/mol. The fraction of sp³-hybridized carbons (Fsp3) is 0.423. The van der Waals surface area contributed by atoms with Crippen LogP contribution in [0.2, 0.25) is 0 Å². The van der Waals surface area contributed by atoms with E-state index in [-0.39, 0.29) is 83.9 Å². The normalized spacial score (nSPS) is 17.5. The number of carbonyl (C=O) groups is 6. The molecule has 0 saturated carbocycles. The lowest BCUT2D eigenvalue weighted by Crippen LogP contribution is -2.38.